The van der Waals surface area contributed by atoms with Crippen molar-refractivity contribution >= 4 is 35.1 Å². The molecule has 51 heavy (non-hydrogen) atoms. The molecule has 5 aromatic rings. The van der Waals surface area contributed by atoms with Crippen LogP contribution in [0, 0.1) is 5.92 Å². The summed E-state index contributed by atoms with van der Waals surface area (Å²) in [7, 11) is 0. The zero-order valence-corrected chi connectivity index (χ0v) is 31.8. The summed E-state index contributed by atoms with van der Waals surface area (Å²) >= 11 is 2.98. The number of ketones is 2. The van der Waals surface area contributed by atoms with Gasteiger partial charge in [0.25, 0.3) is 0 Å². The fourth-order valence-electron chi connectivity index (χ4n) is 6.19. The van der Waals surface area contributed by atoms with Crippen molar-refractivity contribution in [2.24, 2.45) is 5.92 Å². The van der Waals surface area contributed by atoms with Gasteiger partial charge in [-0.25, -0.2) is 0 Å². The smallest absolute Gasteiger partial charge is 0.195 e. The molecule has 0 N–H and O–H groups in total. The highest BCUT2D eigenvalue weighted by Gasteiger charge is 2.33. The molecule has 0 aromatic heterocycles. The van der Waals surface area contributed by atoms with Crippen molar-refractivity contribution in [1.29, 1.82) is 0 Å². The van der Waals surface area contributed by atoms with Crippen molar-refractivity contribution in [2.75, 3.05) is 6.61 Å². The van der Waals surface area contributed by atoms with Crippen LogP contribution in [0.5, 0.6) is 11.5 Å². The first-order valence-electron chi connectivity index (χ1n) is 17.9. The molecule has 5 aromatic carbocycles. The van der Waals surface area contributed by atoms with Crippen LogP contribution in [0.15, 0.2) is 129 Å². The molecule has 0 saturated heterocycles. The molecule has 1 aliphatic rings. The highest BCUT2D eigenvalue weighted by Crippen LogP contribution is 2.41. The molecule has 0 radical (unpaired) electrons. The van der Waals surface area contributed by atoms with Crippen molar-refractivity contribution in [3.8, 4) is 11.5 Å². The van der Waals surface area contributed by atoms with Gasteiger partial charge in [-0.3, -0.25) is 9.59 Å². The van der Waals surface area contributed by atoms with Crippen LogP contribution in [-0.4, -0.2) is 18.2 Å². The summed E-state index contributed by atoms with van der Waals surface area (Å²) < 4.78 is 12.2. The molecular weight excluding hydrogens is 669 g/mol. The van der Waals surface area contributed by atoms with Crippen molar-refractivity contribution in [3.63, 3.8) is 0 Å². The molecule has 262 valence electrons. The SMILES string of the molecule is CCCCC(CC)COc1ccc(Sc2cccc3c2C(=O)c2cccc(Sc4ccc(OCc5ccc(C(C)(C)C)cc5)cc4)c2C3=O)cc1. The Morgan fingerprint density at radius 1 is 0.627 bits per heavy atom. The fraction of sp³-hybridized carbons (Fsp3) is 0.289. The van der Waals surface area contributed by atoms with E-state index >= 15 is 0 Å². The minimum Gasteiger partial charge on any atom is -0.493 e. The van der Waals surface area contributed by atoms with E-state index in [2.05, 4.69) is 58.9 Å². The summed E-state index contributed by atoms with van der Waals surface area (Å²) in [5.41, 5.74) is 4.35. The lowest BCUT2D eigenvalue weighted by Crippen LogP contribution is -2.22. The van der Waals surface area contributed by atoms with E-state index in [-0.39, 0.29) is 17.0 Å². The van der Waals surface area contributed by atoms with Gasteiger partial charge in [0.1, 0.15) is 18.1 Å². The Hall–Kier alpha value is -4.26. The van der Waals surface area contributed by atoms with Crippen LogP contribution in [-0.2, 0) is 12.0 Å². The lowest BCUT2D eigenvalue weighted by Gasteiger charge is -2.22. The van der Waals surface area contributed by atoms with Crippen LogP contribution in [0.4, 0.5) is 0 Å². The number of unbranched alkanes of at least 4 members (excludes halogenated alkanes) is 1. The maximum atomic E-state index is 14.1. The van der Waals surface area contributed by atoms with E-state index in [1.54, 1.807) is 12.1 Å². The Morgan fingerprint density at radius 2 is 1.14 bits per heavy atom. The standard InChI is InChI=1S/C45H46O4S2/c1-6-8-11-30(7-2)28-48-33-20-24-35(25-21-33)50-39-14-9-12-37-41(39)43(46)38-13-10-15-40(42(38)44(37)47)51-36-26-22-34(23-27-36)49-29-31-16-18-32(19-17-31)45(3,4)5/h9-10,12-27,30H,6-8,11,28-29H2,1-5H3. The number of hydrogen-bond acceptors (Lipinski definition) is 6. The monoisotopic (exact) mass is 714 g/mol. The molecule has 0 aliphatic heterocycles. The molecule has 1 unspecified atom stereocenters. The molecule has 0 bridgehead atoms. The Labute approximate surface area is 311 Å². The molecule has 1 atom stereocenters. The summed E-state index contributed by atoms with van der Waals surface area (Å²) in [4.78, 5) is 31.6. The van der Waals surface area contributed by atoms with Gasteiger partial charge in [-0.05, 0) is 89.5 Å². The number of carbonyl (C=O) groups excluding carboxylic acids is 2. The predicted octanol–water partition coefficient (Wildman–Crippen LogP) is 12.2. The second-order valence-electron chi connectivity index (χ2n) is 14.1. The van der Waals surface area contributed by atoms with Gasteiger partial charge in [0.2, 0.25) is 0 Å². The van der Waals surface area contributed by atoms with Crippen molar-refractivity contribution in [3.05, 3.63) is 143 Å². The summed E-state index contributed by atoms with van der Waals surface area (Å²) in [6.07, 6.45) is 4.72. The van der Waals surface area contributed by atoms with E-state index < -0.39 is 0 Å². The molecule has 0 fully saturated rings. The third kappa shape index (κ3) is 8.80. The number of benzene rings is 5. The predicted molar refractivity (Wildman–Crippen MR) is 209 cm³/mol. The van der Waals surface area contributed by atoms with Gasteiger partial charge in [0.15, 0.2) is 11.6 Å². The Bertz CT molecular complexity index is 1970. The minimum atomic E-state index is -0.125. The zero-order valence-electron chi connectivity index (χ0n) is 30.2. The van der Waals surface area contributed by atoms with Crippen LogP contribution >= 0.6 is 23.5 Å². The van der Waals surface area contributed by atoms with Gasteiger partial charge in [0.05, 0.1) is 6.61 Å². The first-order valence-corrected chi connectivity index (χ1v) is 19.5. The fourth-order valence-corrected chi connectivity index (χ4v) is 8.14. The molecule has 0 heterocycles. The first-order chi connectivity index (χ1) is 24.6. The van der Waals surface area contributed by atoms with Crippen molar-refractivity contribution < 1.29 is 19.1 Å². The van der Waals surface area contributed by atoms with Crippen LogP contribution in [0.2, 0.25) is 0 Å². The van der Waals surface area contributed by atoms with E-state index in [1.807, 2.05) is 72.8 Å². The number of fused-ring (bicyclic) bond motifs is 2. The van der Waals surface area contributed by atoms with E-state index in [4.69, 9.17) is 9.47 Å². The van der Waals surface area contributed by atoms with Gasteiger partial charge >= 0.3 is 0 Å². The third-order valence-electron chi connectivity index (χ3n) is 9.35. The van der Waals surface area contributed by atoms with E-state index in [9.17, 15) is 9.59 Å². The maximum absolute atomic E-state index is 14.1. The van der Waals surface area contributed by atoms with Crippen molar-refractivity contribution in [1.82, 2.24) is 0 Å². The van der Waals surface area contributed by atoms with Crippen LogP contribution in [0.3, 0.4) is 0 Å². The van der Waals surface area contributed by atoms with Gasteiger partial charge in [-0.2, -0.15) is 0 Å². The average molecular weight is 715 g/mol. The zero-order chi connectivity index (χ0) is 36.0. The molecular formula is C45H46O4S2. The third-order valence-corrected chi connectivity index (χ3v) is 11.5. The quantitative estimate of drug-likeness (QED) is 0.112. The first kappa shape index (κ1) is 36.5. The lowest BCUT2D eigenvalue weighted by molar-refractivity contribution is 0.0974. The second kappa shape index (κ2) is 16.4. The molecule has 4 nitrogen and oxygen atoms in total. The number of carbonyl (C=O) groups is 2. The maximum Gasteiger partial charge on any atom is 0.195 e. The van der Waals surface area contributed by atoms with E-state index in [0.29, 0.717) is 34.8 Å². The van der Waals surface area contributed by atoms with Crippen LogP contribution < -0.4 is 9.47 Å². The average Bonchev–Trinajstić information content (AvgIpc) is 3.14. The van der Waals surface area contributed by atoms with Gasteiger partial charge in [-0.1, -0.05) is 126 Å². The van der Waals surface area contributed by atoms with Crippen LogP contribution in [0.1, 0.15) is 103 Å². The Kier molecular flexibility index (Phi) is 11.7. The normalized spacial score (nSPS) is 13.0. The molecule has 0 saturated carbocycles. The largest absolute Gasteiger partial charge is 0.493 e. The summed E-state index contributed by atoms with van der Waals surface area (Å²) in [6, 6.07) is 35.5. The topological polar surface area (TPSA) is 52.6 Å². The van der Waals surface area contributed by atoms with E-state index in [1.165, 1.54) is 48.3 Å². The van der Waals surface area contributed by atoms with E-state index in [0.717, 1.165) is 49.7 Å². The molecule has 6 heteroatoms. The molecule has 6 rings (SSSR count). The second-order valence-corrected chi connectivity index (χ2v) is 16.4. The molecule has 0 spiro atoms. The Balaban J connectivity index is 1.13. The highest BCUT2D eigenvalue weighted by atomic mass is 32.2. The number of ether oxygens (including phenoxy) is 2. The number of rotatable bonds is 14. The molecule has 1 aliphatic carbocycles. The van der Waals surface area contributed by atoms with Crippen molar-refractivity contribution in [2.45, 2.75) is 91.9 Å². The molecule has 0 amide bonds. The van der Waals surface area contributed by atoms with Gasteiger partial charge < -0.3 is 9.47 Å². The van der Waals surface area contributed by atoms with Gasteiger partial charge in [-0.15, -0.1) is 0 Å². The van der Waals surface area contributed by atoms with Gasteiger partial charge in [0, 0.05) is 41.8 Å². The Morgan fingerprint density at radius 3 is 1.61 bits per heavy atom. The van der Waals surface area contributed by atoms with Crippen LogP contribution in [0.25, 0.3) is 0 Å². The highest BCUT2D eigenvalue weighted by molar-refractivity contribution is 7.99. The number of hydrogen-bond donors (Lipinski definition) is 0. The summed E-state index contributed by atoms with van der Waals surface area (Å²) in [5.74, 6) is 1.93. The minimum absolute atomic E-state index is 0.115. The lowest BCUT2D eigenvalue weighted by atomic mass is 9.84. The summed E-state index contributed by atoms with van der Waals surface area (Å²) in [6.45, 7) is 12.3. The summed E-state index contributed by atoms with van der Waals surface area (Å²) in [5, 5.41) is 0.